The fraction of sp³-hybridized carbons (Fsp3) is 0.250. The van der Waals surface area contributed by atoms with Gasteiger partial charge >= 0.3 is 0 Å². The minimum absolute atomic E-state index is 0.194. The molecule has 3 heteroatoms. The van der Waals surface area contributed by atoms with Crippen LogP contribution < -0.4 is 0 Å². The summed E-state index contributed by atoms with van der Waals surface area (Å²) in [4.78, 5) is 0. The number of allylic oxidation sites excluding steroid dienone is 1. The number of hydrogen-bond donors (Lipinski definition) is 2. The van der Waals surface area contributed by atoms with Crippen molar-refractivity contribution in [2.45, 2.75) is 6.92 Å². The van der Waals surface area contributed by atoms with E-state index < -0.39 is 0 Å². The maximum Gasteiger partial charge on any atom is 0.0911 e. The Balaban J connectivity index is 3.68. The third kappa shape index (κ3) is 5.98. The summed E-state index contributed by atoms with van der Waals surface area (Å²) in [6, 6.07) is 0. The van der Waals surface area contributed by atoms with Crippen molar-refractivity contribution >= 4 is 29.0 Å². The van der Waals surface area contributed by atoms with Gasteiger partial charge in [0.2, 0.25) is 0 Å². The lowest BCUT2D eigenvalue weighted by atomic mass is 10.5. The van der Waals surface area contributed by atoms with Crippen LogP contribution in [0.25, 0.3) is 0 Å². The molecular weight excluding hydrogens is 128 g/mol. The highest BCUT2D eigenvalue weighted by molar-refractivity contribution is 8.11. The summed E-state index contributed by atoms with van der Waals surface area (Å²) in [5.74, 6) is 0.194. The van der Waals surface area contributed by atoms with E-state index >= 15 is 0 Å². The largest absolute Gasteiger partial charge is 0.513 e. The van der Waals surface area contributed by atoms with E-state index in [4.69, 9.17) is 5.11 Å². The number of rotatable bonds is 1. The van der Waals surface area contributed by atoms with Crippen LogP contribution in [0.5, 0.6) is 0 Å². The van der Waals surface area contributed by atoms with Crippen molar-refractivity contribution in [3.63, 3.8) is 0 Å². The van der Waals surface area contributed by atoms with Crippen LogP contribution in [-0.2, 0) is 0 Å². The first-order valence-electron chi connectivity index (χ1n) is 1.73. The molecule has 0 rings (SSSR count). The second-order valence-corrected chi connectivity index (χ2v) is 2.35. The zero-order chi connectivity index (χ0) is 5.86. The molecular formula is C4H6OS2. The molecule has 0 spiro atoms. The minimum atomic E-state index is 0.194. The van der Waals surface area contributed by atoms with Gasteiger partial charge in [-0.05, 0) is 13.0 Å². The Morgan fingerprint density at radius 3 is 2.29 bits per heavy atom. The van der Waals surface area contributed by atoms with Crippen molar-refractivity contribution in [3.8, 4) is 0 Å². The highest BCUT2D eigenvalue weighted by Gasteiger charge is 1.79. The molecule has 1 nitrogen and oxygen atoms in total. The third-order valence-electron chi connectivity index (χ3n) is 0.332. The Morgan fingerprint density at radius 1 is 1.86 bits per heavy atom. The summed E-state index contributed by atoms with van der Waals surface area (Å²) in [5.41, 5.74) is 0. The fourth-order valence-electron chi connectivity index (χ4n) is 0.179. The monoisotopic (exact) mass is 134 g/mol. The molecule has 0 atom stereocenters. The second-order valence-electron chi connectivity index (χ2n) is 1.12. The van der Waals surface area contributed by atoms with Crippen molar-refractivity contribution in [2.24, 2.45) is 0 Å². The highest BCUT2D eigenvalue weighted by atomic mass is 32.1. The molecule has 40 valence electrons. The molecule has 0 aliphatic carbocycles. The minimum Gasteiger partial charge on any atom is -0.513 e. The molecule has 0 fully saturated rings. The Morgan fingerprint density at radius 2 is 2.29 bits per heavy atom. The lowest BCUT2D eigenvalue weighted by molar-refractivity contribution is 0.415. The number of thiocarbonyl (C=S) groups is 1. The Hall–Kier alpha value is -0.0200. The lowest BCUT2D eigenvalue weighted by Crippen LogP contribution is -1.75. The summed E-state index contributed by atoms with van der Waals surface area (Å²) < 4.78 is 0.403. The van der Waals surface area contributed by atoms with E-state index in [1.165, 1.54) is 6.08 Å². The molecule has 0 aromatic heterocycles. The van der Waals surface area contributed by atoms with Crippen molar-refractivity contribution < 1.29 is 5.11 Å². The molecule has 0 unspecified atom stereocenters. The quantitative estimate of drug-likeness (QED) is 0.246. The van der Waals surface area contributed by atoms with Gasteiger partial charge in [-0.15, -0.1) is 12.6 Å². The average molecular weight is 134 g/mol. The first-order chi connectivity index (χ1) is 3.13. The van der Waals surface area contributed by atoms with Crippen LogP contribution in [0.4, 0.5) is 0 Å². The third-order valence-corrected chi connectivity index (χ3v) is 0.579. The van der Waals surface area contributed by atoms with Crippen LogP contribution in [0.1, 0.15) is 6.92 Å². The average Bonchev–Trinajstić information content (AvgIpc) is 1.27. The maximum absolute atomic E-state index is 8.45. The van der Waals surface area contributed by atoms with Gasteiger partial charge in [-0.2, -0.15) is 0 Å². The van der Waals surface area contributed by atoms with Crippen molar-refractivity contribution in [1.82, 2.24) is 0 Å². The molecule has 0 amide bonds. The summed E-state index contributed by atoms with van der Waals surface area (Å²) in [6.07, 6.45) is 1.40. The van der Waals surface area contributed by atoms with E-state index in [9.17, 15) is 0 Å². The van der Waals surface area contributed by atoms with Crippen LogP contribution in [0.15, 0.2) is 11.8 Å². The molecule has 1 N–H and O–H groups in total. The molecule has 0 aromatic carbocycles. The zero-order valence-electron chi connectivity index (χ0n) is 3.88. The number of thiol groups is 1. The van der Waals surface area contributed by atoms with Gasteiger partial charge in [0, 0.05) is 0 Å². The second kappa shape index (κ2) is 3.04. The molecule has 0 aliphatic heterocycles. The van der Waals surface area contributed by atoms with Crippen LogP contribution in [0, 0.1) is 0 Å². The molecule has 0 heterocycles. The van der Waals surface area contributed by atoms with E-state index in [0.717, 1.165) is 0 Å². The van der Waals surface area contributed by atoms with E-state index in [2.05, 4.69) is 24.8 Å². The Labute approximate surface area is 53.5 Å². The first-order valence-corrected chi connectivity index (χ1v) is 2.58. The van der Waals surface area contributed by atoms with Gasteiger partial charge < -0.3 is 5.11 Å². The van der Waals surface area contributed by atoms with E-state index in [-0.39, 0.29) is 5.76 Å². The molecule has 0 bridgehead atoms. The summed E-state index contributed by atoms with van der Waals surface area (Å²) >= 11 is 8.23. The van der Waals surface area contributed by atoms with Gasteiger partial charge in [-0.1, -0.05) is 12.2 Å². The normalized spacial score (nSPS) is 11.4. The van der Waals surface area contributed by atoms with E-state index in [1.54, 1.807) is 6.92 Å². The molecule has 0 saturated heterocycles. The van der Waals surface area contributed by atoms with Gasteiger partial charge in [0.1, 0.15) is 0 Å². The predicted octanol–water partition coefficient (Wildman–Crippen LogP) is 1.71. The summed E-state index contributed by atoms with van der Waals surface area (Å²) in [5, 5.41) is 8.45. The number of aliphatic hydroxyl groups excluding tert-OH is 1. The standard InChI is InChI=1S/C4H6OS2/c1-3(5)2-4(6)7/h2,5H,1H3,(H,6,7). The Bertz CT molecular complexity index is 102. The smallest absolute Gasteiger partial charge is 0.0911 e. The molecule has 0 radical (unpaired) electrons. The van der Waals surface area contributed by atoms with Gasteiger partial charge in [0.15, 0.2) is 0 Å². The molecule has 0 aliphatic rings. The van der Waals surface area contributed by atoms with Crippen LogP contribution >= 0.6 is 24.8 Å². The number of aliphatic hydroxyl groups is 1. The van der Waals surface area contributed by atoms with Gasteiger partial charge in [0.25, 0.3) is 0 Å². The topological polar surface area (TPSA) is 20.2 Å². The van der Waals surface area contributed by atoms with Gasteiger partial charge in [-0.3, -0.25) is 0 Å². The molecule has 7 heavy (non-hydrogen) atoms. The molecule has 0 saturated carbocycles. The summed E-state index contributed by atoms with van der Waals surface area (Å²) in [7, 11) is 0. The lowest BCUT2D eigenvalue weighted by Gasteiger charge is -1.82. The van der Waals surface area contributed by atoms with Crippen molar-refractivity contribution in [3.05, 3.63) is 11.8 Å². The van der Waals surface area contributed by atoms with Crippen LogP contribution in [0.3, 0.4) is 0 Å². The van der Waals surface area contributed by atoms with E-state index in [1.807, 2.05) is 0 Å². The fourth-order valence-corrected chi connectivity index (χ4v) is 0.536. The summed E-state index contributed by atoms with van der Waals surface area (Å²) in [6.45, 7) is 1.54. The van der Waals surface area contributed by atoms with E-state index in [0.29, 0.717) is 4.20 Å². The zero-order valence-corrected chi connectivity index (χ0v) is 5.59. The first kappa shape index (κ1) is 6.98. The number of hydrogen-bond acceptors (Lipinski definition) is 2. The van der Waals surface area contributed by atoms with Crippen LogP contribution in [-0.4, -0.2) is 9.30 Å². The highest BCUT2D eigenvalue weighted by Crippen LogP contribution is 1.90. The van der Waals surface area contributed by atoms with Gasteiger partial charge in [-0.25, -0.2) is 0 Å². The van der Waals surface area contributed by atoms with Gasteiger partial charge in [0.05, 0.1) is 9.96 Å². The molecule has 0 aromatic rings. The van der Waals surface area contributed by atoms with Crippen molar-refractivity contribution in [1.29, 1.82) is 0 Å². The van der Waals surface area contributed by atoms with Crippen molar-refractivity contribution in [2.75, 3.05) is 0 Å². The maximum atomic E-state index is 8.45. The van der Waals surface area contributed by atoms with Crippen LogP contribution in [0.2, 0.25) is 0 Å². The SMILES string of the molecule is CC(O)=CC(=S)S. The Kier molecular flexibility index (Phi) is 3.04. The predicted molar refractivity (Wildman–Crippen MR) is 38.0 cm³/mol.